The molecule has 0 spiro atoms. The quantitative estimate of drug-likeness (QED) is 0.294. The van der Waals surface area contributed by atoms with Crippen LogP contribution < -0.4 is 0 Å². The van der Waals surface area contributed by atoms with E-state index in [0.717, 1.165) is 6.08 Å². The second-order valence-electron chi connectivity index (χ2n) is 1.08. The molecular formula is C5H5NO2. The molecule has 0 bridgehead atoms. The fraction of sp³-hybridized carbons (Fsp3) is 0.200. The maximum absolute atomic E-state index is 10.2. The molecule has 8 heavy (non-hydrogen) atoms. The van der Waals surface area contributed by atoms with E-state index in [-0.39, 0.29) is 12.3 Å². The summed E-state index contributed by atoms with van der Waals surface area (Å²) in [5, 5.41) is 0. The minimum absolute atomic E-state index is 0.132. The molecule has 0 atom stereocenters. The van der Waals surface area contributed by atoms with Crippen molar-refractivity contribution in [2.24, 2.45) is 4.99 Å². The lowest BCUT2D eigenvalue weighted by Crippen LogP contribution is -1.94. The van der Waals surface area contributed by atoms with Crippen molar-refractivity contribution < 1.29 is 9.59 Å². The first-order chi connectivity index (χ1) is 3.81. The summed E-state index contributed by atoms with van der Waals surface area (Å²) in [6.07, 6.45) is 2.35. The molecule has 0 aromatic heterocycles. The van der Waals surface area contributed by atoms with Crippen LogP contribution in [0.1, 0.15) is 0 Å². The summed E-state index contributed by atoms with van der Waals surface area (Å²) >= 11 is 0. The number of rotatable bonds is 3. The molecule has 0 radical (unpaired) electrons. The summed E-state index contributed by atoms with van der Waals surface area (Å²) in [5.74, 6) is -0.270. The zero-order valence-corrected chi connectivity index (χ0v) is 4.26. The zero-order chi connectivity index (χ0) is 6.41. The van der Waals surface area contributed by atoms with Crippen molar-refractivity contribution in [1.82, 2.24) is 0 Å². The topological polar surface area (TPSA) is 46.5 Å². The predicted octanol–water partition coefficient (Wildman–Crippen LogP) is 0.0773. The lowest BCUT2D eigenvalue weighted by molar-refractivity contribution is -0.113. The smallest absolute Gasteiger partial charge is 0.235 e. The van der Waals surface area contributed by atoms with E-state index in [0.29, 0.717) is 0 Å². The van der Waals surface area contributed by atoms with Crippen molar-refractivity contribution in [1.29, 1.82) is 0 Å². The normalized spacial score (nSPS) is 7.00. The highest BCUT2D eigenvalue weighted by atomic mass is 16.1. The van der Waals surface area contributed by atoms with Gasteiger partial charge in [-0.25, -0.2) is 4.79 Å². The standard InChI is InChI=1S/C5H5NO2/c1-2-5(8)3-6-4-7/h2H,1,3H2. The van der Waals surface area contributed by atoms with E-state index in [1.54, 1.807) is 0 Å². The molecule has 3 nitrogen and oxygen atoms in total. The van der Waals surface area contributed by atoms with Gasteiger partial charge in [-0.2, -0.15) is 4.99 Å². The molecule has 0 aliphatic carbocycles. The molecular weight excluding hydrogens is 106 g/mol. The summed E-state index contributed by atoms with van der Waals surface area (Å²) in [6.45, 7) is 3.04. The van der Waals surface area contributed by atoms with E-state index in [2.05, 4.69) is 11.6 Å². The number of hydrogen-bond donors (Lipinski definition) is 0. The van der Waals surface area contributed by atoms with Crippen molar-refractivity contribution in [2.75, 3.05) is 6.54 Å². The zero-order valence-electron chi connectivity index (χ0n) is 4.26. The fourth-order valence-electron chi connectivity index (χ4n) is 0.175. The van der Waals surface area contributed by atoms with Crippen LogP contribution in [0, 0.1) is 0 Å². The molecule has 0 saturated carbocycles. The van der Waals surface area contributed by atoms with Gasteiger partial charge in [0.2, 0.25) is 6.08 Å². The molecule has 0 rings (SSSR count). The second-order valence-corrected chi connectivity index (χ2v) is 1.08. The minimum atomic E-state index is -0.270. The van der Waals surface area contributed by atoms with Crippen LogP contribution in [0.25, 0.3) is 0 Å². The third-order valence-electron chi connectivity index (χ3n) is 0.527. The fourth-order valence-corrected chi connectivity index (χ4v) is 0.175. The summed E-state index contributed by atoms with van der Waals surface area (Å²) in [6, 6.07) is 0. The highest BCUT2D eigenvalue weighted by Gasteiger charge is 1.87. The molecule has 0 heterocycles. The molecule has 0 aromatic carbocycles. The van der Waals surface area contributed by atoms with Gasteiger partial charge < -0.3 is 0 Å². The highest BCUT2D eigenvalue weighted by molar-refractivity contribution is 5.91. The Bertz CT molecular complexity index is 145. The summed E-state index contributed by atoms with van der Waals surface area (Å²) < 4.78 is 0. The van der Waals surface area contributed by atoms with Gasteiger partial charge in [0.25, 0.3) is 0 Å². The number of nitrogens with zero attached hydrogens (tertiary/aromatic N) is 1. The average molecular weight is 111 g/mol. The summed E-state index contributed by atoms with van der Waals surface area (Å²) in [4.78, 5) is 22.5. The molecule has 0 aliphatic heterocycles. The maximum Gasteiger partial charge on any atom is 0.235 e. The monoisotopic (exact) mass is 111 g/mol. The Labute approximate surface area is 46.7 Å². The van der Waals surface area contributed by atoms with E-state index in [1.165, 1.54) is 6.08 Å². The molecule has 42 valence electrons. The third kappa shape index (κ3) is 3.00. The Morgan fingerprint density at radius 1 is 1.88 bits per heavy atom. The van der Waals surface area contributed by atoms with Crippen molar-refractivity contribution in [3.63, 3.8) is 0 Å². The van der Waals surface area contributed by atoms with Crippen LogP contribution >= 0.6 is 0 Å². The van der Waals surface area contributed by atoms with Crippen LogP contribution in [-0.4, -0.2) is 18.4 Å². The molecule has 0 saturated heterocycles. The van der Waals surface area contributed by atoms with Gasteiger partial charge in [0.1, 0.15) is 6.54 Å². The Morgan fingerprint density at radius 3 is 2.88 bits per heavy atom. The number of isocyanates is 1. The van der Waals surface area contributed by atoms with Crippen LogP contribution in [0.15, 0.2) is 17.6 Å². The van der Waals surface area contributed by atoms with Gasteiger partial charge in [0.05, 0.1) is 0 Å². The lowest BCUT2D eigenvalue weighted by atomic mass is 10.4. The van der Waals surface area contributed by atoms with Crippen LogP contribution in [-0.2, 0) is 9.59 Å². The average Bonchev–Trinajstić information content (AvgIpc) is 1.83. The van der Waals surface area contributed by atoms with Gasteiger partial charge in [-0.05, 0) is 6.08 Å². The Balaban J connectivity index is 3.55. The highest BCUT2D eigenvalue weighted by Crippen LogP contribution is 1.71. The first-order valence-corrected chi connectivity index (χ1v) is 2.00. The molecule has 3 heteroatoms. The van der Waals surface area contributed by atoms with E-state index in [9.17, 15) is 9.59 Å². The number of carbonyl (C=O) groups is 1. The van der Waals surface area contributed by atoms with Crippen molar-refractivity contribution >= 4 is 11.9 Å². The van der Waals surface area contributed by atoms with E-state index in [4.69, 9.17) is 0 Å². The molecule has 0 aliphatic rings. The predicted molar refractivity (Wildman–Crippen MR) is 28.2 cm³/mol. The SMILES string of the molecule is C=CC(=O)CN=C=O. The van der Waals surface area contributed by atoms with E-state index < -0.39 is 0 Å². The van der Waals surface area contributed by atoms with Crippen LogP contribution in [0.2, 0.25) is 0 Å². The summed E-state index contributed by atoms with van der Waals surface area (Å²) in [7, 11) is 0. The maximum atomic E-state index is 10.2. The molecule has 0 amide bonds. The third-order valence-corrected chi connectivity index (χ3v) is 0.527. The first kappa shape index (κ1) is 6.79. The Morgan fingerprint density at radius 2 is 2.50 bits per heavy atom. The van der Waals surface area contributed by atoms with Crippen molar-refractivity contribution in [2.45, 2.75) is 0 Å². The first-order valence-electron chi connectivity index (χ1n) is 2.00. The number of carbonyl (C=O) groups excluding carboxylic acids is 2. The van der Waals surface area contributed by atoms with Gasteiger partial charge in [0, 0.05) is 0 Å². The molecule has 0 aromatic rings. The molecule has 0 fully saturated rings. The number of hydrogen-bond acceptors (Lipinski definition) is 3. The van der Waals surface area contributed by atoms with Crippen LogP contribution in [0.3, 0.4) is 0 Å². The van der Waals surface area contributed by atoms with Crippen molar-refractivity contribution in [3.05, 3.63) is 12.7 Å². The van der Waals surface area contributed by atoms with E-state index >= 15 is 0 Å². The molecule has 0 unspecified atom stereocenters. The number of ketones is 1. The van der Waals surface area contributed by atoms with Crippen molar-refractivity contribution in [3.8, 4) is 0 Å². The van der Waals surface area contributed by atoms with Gasteiger partial charge in [0.15, 0.2) is 5.78 Å². The molecule has 0 N–H and O–H groups in total. The Hall–Kier alpha value is -1.21. The number of aliphatic imine (C=N–C) groups is 1. The summed E-state index contributed by atoms with van der Waals surface area (Å²) in [5.41, 5.74) is 0. The van der Waals surface area contributed by atoms with E-state index in [1.807, 2.05) is 0 Å². The van der Waals surface area contributed by atoms with Gasteiger partial charge >= 0.3 is 0 Å². The largest absolute Gasteiger partial charge is 0.293 e. The van der Waals surface area contributed by atoms with Crippen LogP contribution in [0.4, 0.5) is 0 Å². The Kier molecular flexibility index (Phi) is 3.36. The van der Waals surface area contributed by atoms with Gasteiger partial charge in [-0.3, -0.25) is 4.79 Å². The lowest BCUT2D eigenvalue weighted by Gasteiger charge is -1.77. The second kappa shape index (κ2) is 3.96. The van der Waals surface area contributed by atoms with Gasteiger partial charge in [-0.15, -0.1) is 0 Å². The minimum Gasteiger partial charge on any atom is -0.293 e. The van der Waals surface area contributed by atoms with Gasteiger partial charge in [-0.1, -0.05) is 6.58 Å². The van der Waals surface area contributed by atoms with Crippen LogP contribution in [0.5, 0.6) is 0 Å².